The monoisotopic (exact) mass is 288 g/mol. The van der Waals surface area contributed by atoms with E-state index in [1.807, 2.05) is 12.1 Å². The number of anilines is 2. The van der Waals surface area contributed by atoms with Crippen molar-refractivity contribution < 1.29 is 10.0 Å². The molecule has 0 bridgehead atoms. The van der Waals surface area contributed by atoms with Crippen LogP contribution in [0.3, 0.4) is 0 Å². The van der Waals surface area contributed by atoms with Gasteiger partial charge in [-0.2, -0.15) is 0 Å². The number of nitrogens with zero attached hydrogens (tertiary/aromatic N) is 1. The minimum absolute atomic E-state index is 0.0780. The van der Waals surface area contributed by atoms with Gasteiger partial charge in [0.1, 0.15) is 17.1 Å². The number of nitrogens with two attached hydrogens (primary N) is 1. The van der Waals surface area contributed by atoms with E-state index in [0.717, 1.165) is 5.56 Å². The molecule has 110 valence electrons. The molecule has 0 aromatic heterocycles. The Balaban J connectivity index is 2.06. The van der Waals surface area contributed by atoms with Crippen molar-refractivity contribution in [1.82, 2.24) is 0 Å². The Hall–Kier alpha value is -2.80. The number of nitro benzene ring substituents is 1. The highest BCUT2D eigenvalue weighted by Gasteiger charge is 2.18. The zero-order valence-electron chi connectivity index (χ0n) is 11.2. The van der Waals surface area contributed by atoms with Gasteiger partial charge in [-0.1, -0.05) is 18.2 Å². The van der Waals surface area contributed by atoms with Gasteiger partial charge in [-0.25, -0.2) is 0 Å². The highest BCUT2D eigenvalue weighted by molar-refractivity contribution is 5.75. The zero-order chi connectivity index (χ0) is 15.2. The number of benzene rings is 2. The summed E-state index contributed by atoms with van der Waals surface area (Å²) >= 11 is 0. The van der Waals surface area contributed by atoms with Crippen LogP contribution in [0, 0.1) is 10.1 Å². The van der Waals surface area contributed by atoms with Crippen LogP contribution in [-0.4, -0.2) is 16.6 Å². The molecule has 21 heavy (non-hydrogen) atoms. The minimum atomic E-state index is -0.474. The van der Waals surface area contributed by atoms with Crippen LogP contribution in [0.5, 0.6) is 5.75 Å². The van der Waals surface area contributed by atoms with Crippen molar-refractivity contribution >= 4 is 17.1 Å². The largest absolute Gasteiger partial charge is 0.508 e. The molecule has 5 N–H and O–H groups in total. The number of rotatable bonds is 6. The van der Waals surface area contributed by atoms with Gasteiger partial charge >= 0.3 is 5.69 Å². The summed E-state index contributed by atoms with van der Waals surface area (Å²) < 4.78 is 0. The summed E-state index contributed by atoms with van der Waals surface area (Å²) in [7, 11) is 0. The van der Waals surface area contributed by atoms with E-state index in [9.17, 15) is 15.2 Å². The van der Waals surface area contributed by atoms with Gasteiger partial charge in [-0.05, 0) is 36.2 Å². The van der Waals surface area contributed by atoms with Crippen molar-refractivity contribution in [3.63, 3.8) is 0 Å². The summed E-state index contributed by atoms with van der Waals surface area (Å²) in [6.07, 6.45) is 0.678. The van der Waals surface area contributed by atoms with Crippen molar-refractivity contribution in [2.75, 3.05) is 17.3 Å². The van der Waals surface area contributed by atoms with E-state index >= 15 is 0 Å². The Kier molecular flexibility index (Phi) is 4.57. The second kappa shape index (κ2) is 6.58. The molecular formula is C14H16N4O3. The first-order chi connectivity index (χ1) is 10.1. The quantitative estimate of drug-likeness (QED) is 0.368. The third kappa shape index (κ3) is 3.61. The van der Waals surface area contributed by atoms with Gasteiger partial charge in [0.15, 0.2) is 0 Å². The average Bonchev–Trinajstić information content (AvgIpc) is 2.48. The maximum Gasteiger partial charge on any atom is 0.316 e. The number of nitrogens with one attached hydrogen (secondary N) is 2. The van der Waals surface area contributed by atoms with Crippen LogP contribution >= 0.6 is 0 Å². The van der Waals surface area contributed by atoms with Crippen molar-refractivity contribution in [2.45, 2.75) is 6.42 Å². The molecule has 2 rings (SSSR count). The number of hydrogen-bond acceptors (Lipinski definition) is 6. The second-order valence-electron chi connectivity index (χ2n) is 4.45. The summed E-state index contributed by atoms with van der Waals surface area (Å²) in [6, 6.07) is 11.7. The van der Waals surface area contributed by atoms with E-state index in [0.29, 0.717) is 18.7 Å². The molecule has 0 heterocycles. The number of hydrogen-bond donors (Lipinski definition) is 4. The standard InChI is InChI=1S/C14H16N4O3/c15-17-13-3-1-2-12(14(13)18(20)21)16-9-8-10-4-6-11(19)7-5-10/h1-7,16-17,19H,8-9,15H2. The number of phenols is 1. The van der Waals surface area contributed by atoms with E-state index in [1.165, 1.54) is 0 Å². The lowest BCUT2D eigenvalue weighted by Gasteiger charge is -2.10. The van der Waals surface area contributed by atoms with Crippen molar-refractivity contribution in [3.8, 4) is 5.75 Å². The van der Waals surface area contributed by atoms with E-state index in [2.05, 4.69) is 10.7 Å². The Morgan fingerprint density at radius 2 is 1.81 bits per heavy atom. The van der Waals surface area contributed by atoms with Crippen LogP contribution in [0.4, 0.5) is 17.1 Å². The first kappa shape index (κ1) is 14.6. The lowest BCUT2D eigenvalue weighted by Crippen LogP contribution is -2.12. The molecule has 0 unspecified atom stereocenters. The molecule has 0 aliphatic heterocycles. The number of aromatic hydroxyl groups is 1. The normalized spacial score (nSPS) is 10.1. The van der Waals surface area contributed by atoms with E-state index in [4.69, 9.17) is 5.84 Å². The fourth-order valence-corrected chi connectivity index (χ4v) is 2.00. The fourth-order valence-electron chi connectivity index (χ4n) is 2.00. The van der Waals surface area contributed by atoms with Crippen LogP contribution in [-0.2, 0) is 6.42 Å². The van der Waals surface area contributed by atoms with E-state index in [-0.39, 0.29) is 17.1 Å². The average molecular weight is 288 g/mol. The SMILES string of the molecule is NNc1cccc(NCCc2ccc(O)cc2)c1[N+](=O)[O-]. The molecule has 0 saturated carbocycles. The first-order valence-electron chi connectivity index (χ1n) is 6.37. The zero-order valence-corrected chi connectivity index (χ0v) is 11.2. The topological polar surface area (TPSA) is 113 Å². The van der Waals surface area contributed by atoms with Crippen LogP contribution in [0.25, 0.3) is 0 Å². The summed E-state index contributed by atoms with van der Waals surface area (Å²) in [6.45, 7) is 0.527. The van der Waals surface area contributed by atoms with E-state index < -0.39 is 4.92 Å². The molecule has 7 nitrogen and oxygen atoms in total. The van der Waals surface area contributed by atoms with E-state index in [1.54, 1.807) is 30.3 Å². The lowest BCUT2D eigenvalue weighted by atomic mass is 10.1. The maximum absolute atomic E-state index is 11.1. The molecular weight excluding hydrogens is 272 g/mol. The third-order valence-electron chi connectivity index (χ3n) is 3.04. The van der Waals surface area contributed by atoms with Gasteiger partial charge in [-0.3, -0.25) is 16.0 Å². The highest BCUT2D eigenvalue weighted by Crippen LogP contribution is 2.32. The molecule has 0 spiro atoms. The predicted octanol–water partition coefficient (Wildman–Crippen LogP) is 2.24. The molecule has 0 fully saturated rings. The Labute approximate surface area is 121 Å². The van der Waals surface area contributed by atoms with Crippen LogP contribution < -0.4 is 16.6 Å². The summed E-state index contributed by atoms with van der Waals surface area (Å²) in [5, 5.41) is 23.4. The van der Waals surface area contributed by atoms with Crippen LogP contribution in [0.1, 0.15) is 5.56 Å². The molecule has 0 saturated heterocycles. The molecule has 2 aromatic rings. The van der Waals surface area contributed by atoms with Crippen LogP contribution in [0.15, 0.2) is 42.5 Å². The molecule has 0 radical (unpaired) electrons. The van der Waals surface area contributed by atoms with Gasteiger partial charge in [0.2, 0.25) is 0 Å². The summed E-state index contributed by atoms with van der Waals surface area (Å²) in [5.74, 6) is 5.50. The number of nitrogen functional groups attached to an aromatic ring is 1. The first-order valence-corrected chi connectivity index (χ1v) is 6.37. The Bertz CT molecular complexity index is 629. The molecule has 2 aromatic carbocycles. The molecule has 0 amide bonds. The molecule has 7 heteroatoms. The van der Waals surface area contributed by atoms with Gasteiger partial charge in [-0.15, -0.1) is 0 Å². The summed E-state index contributed by atoms with van der Waals surface area (Å²) in [4.78, 5) is 10.6. The Morgan fingerprint density at radius 3 is 2.43 bits per heavy atom. The molecule has 0 aliphatic rings. The van der Waals surface area contributed by atoms with Gasteiger partial charge in [0.25, 0.3) is 0 Å². The summed E-state index contributed by atoms with van der Waals surface area (Å²) in [5.41, 5.74) is 3.94. The Morgan fingerprint density at radius 1 is 1.14 bits per heavy atom. The predicted molar refractivity (Wildman–Crippen MR) is 81.2 cm³/mol. The third-order valence-corrected chi connectivity index (χ3v) is 3.04. The lowest BCUT2D eigenvalue weighted by molar-refractivity contribution is -0.383. The highest BCUT2D eigenvalue weighted by atomic mass is 16.6. The van der Waals surface area contributed by atoms with Crippen molar-refractivity contribution in [1.29, 1.82) is 0 Å². The number of nitro groups is 1. The van der Waals surface area contributed by atoms with Crippen LogP contribution in [0.2, 0.25) is 0 Å². The smallest absolute Gasteiger partial charge is 0.316 e. The molecule has 0 atom stereocenters. The molecule has 0 aliphatic carbocycles. The number of hydrazine groups is 1. The minimum Gasteiger partial charge on any atom is -0.508 e. The second-order valence-corrected chi connectivity index (χ2v) is 4.45. The maximum atomic E-state index is 11.1. The van der Waals surface area contributed by atoms with Gasteiger partial charge < -0.3 is 15.8 Å². The van der Waals surface area contributed by atoms with Crippen molar-refractivity contribution in [2.24, 2.45) is 5.84 Å². The fraction of sp³-hybridized carbons (Fsp3) is 0.143. The van der Waals surface area contributed by atoms with Gasteiger partial charge in [0.05, 0.1) is 4.92 Å². The van der Waals surface area contributed by atoms with Crippen molar-refractivity contribution in [3.05, 3.63) is 58.1 Å². The number of para-hydroxylation sites is 1. The van der Waals surface area contributed by atoms with Gasteiger partial charge in [0, 0.05) is 6.54 Å². The number of phenolic OH excluding ortho intramolecular Hbond substituents is 1.